The normalized spacial score (nSPS) is 13.3. The molecule has 0 spiro atoms. The van der Waals surface area contributed by atoms with E-state index >= 15 is 0 Å². The van der Waals surface area contributed by atoms with Crippen LogP contribution in [0.15, 0.2) is 48.8 Å². The van der Waals surface area contributed by atoms with E-state index in [-0.39, 0.29) is 23.7 Å². The minimum absolute atomic E-state index is 0.0170. The Kier molecular flexibility index (Phi) is 5.22. The first-order valence-electron chi connectivity index (χ1n) is 9.88. The molecular weight excluding hydrogens is 382 g/mol. The van der Waals surface area contributed by atoms with Crippen LogP contribution in [0, 0.1) is 0 Å². The smallest absolute Gasteiger partial charge is 0.342 e. The fourth-order valence-corrected chi connectivity index (χ4v) is 3.19. The number of hydrogen-bond acceptors (Lipinski definition) is 5. The molecule has 2 amide bonds. The summed E-state index contributed by atoms with van der Waals surface area (Å²) >= 11 is 0. The minimum atomic E-state index is -0.305. The molecule has 4 rings (SSSR count). The number of aromatic nitrogens is 3. The molecule has 8 nitrogen and oxygen atoms in total. The van der Waals surface area contributed by atoms with Gasteiger partial charge in [0.1, 0.15) is 5.75 Å². The number of nitrogens with zero attached hydrogens (tertiary/aromatic N) is 3. The average molecular weight is 405 g/mol. The zero-order valence-electron chi connectivity index (χ0n) is 16.8. The Bertz CT molecular complexity index is 1090. The average Bonchev–Trinajstić information content (AvgIpc) is 3.48. The van der Waals surface area contributed by atoms with Crippen molar-refractivity contribution >= 4 is 17.6 Å². The van der Waals surface area contributed by atoms with Crippen LogP contribution in [0.2, 0.25) is 0 Å². The van der Waals surface area contributed by atoms with Crippen LogP contribution in [0.5, 0.6) is 5.75 Å². The summed E-state index contributed by atoms with van der Waals surface area (Å²) in [5.74, 6) is 0.00524. The molecule has 0 saturated heterocycles. The summed E-state index contributed by atoms with van der Waals surface area (Å²) in [6.45, 7) is 3.78. The third-order valence-electron chi connectivity index (χ3n) is 4.79. The third-order valence-corrected chi connectivity index (χ3v) is 4.79. The Morgan fingerprint density at radius 3 is 2.67 bits per heavy atom. The second-order valence-corrected chi connectivity index (χ2v) is 7.67. The van der Waals surface area contributed by atoms with Gasteiger partial charge in [-0.15, -0.1) is 0 Å². The van der Waals surface area contributed by atoms with Crippen LogP contribution in [-0.2, 0) is 0 Å². The van der Waals surface area contributed by atoms with E-state index in [1.807, 2.05) is 19.9 Å². The van der Waals surface area contributed by atoms with Crippen LogP contribution in [0.1, 0.15) is 48.7 Å². The molecule has 0 unspecified atom stereocenters. The number of hydrogen-bond donors (Lipinski definition) is 3. The molecule has 3 aromatic rings. The van der Waals surface area contributed by atoms with Gasteiger partial charge in [-0.3, -0.25) is 9.78 Å². The molecule has 1 aliphatic carbocycles. The molecule has 0 radical (unpaired) electrons. The van der Waals surface area contributed by atoms with Crippen LogP contribution >= 0.6 is 0 Å². The van der Waals surface area contributed by atoms with E-state index in [4.69, 9.17) is 0 Å². The van der Waals surface area contributed by atoms with Gasteiger partial charge < -0.3 is 15.7 Å². The van der Waals surface area contributed by atoms with E-state index < -0.39 is 0 Å². The number of carbonyl (C=O) groups is 2. The first-order chi connectivity index (χ1) is 14.4. The van der Waals surface area contributed by atoms with E-state index in [1.54, 1.807) is 30.5 Å². The zero-order valence-corrected chi connectivity index (χ0v) is 16.8. The van der Waals surface area contributed by atoms with E-state index in [0.29, 0.717) is 28.4 Å². The summed E-state index contributed by atoms with van der Waals surface area (Å²) in [7, 11) is 0. The van der Waals surface area contributed by atoms with Crippen molar-refractivity contribution in [3.05, 3.63) is 60.0 Å². The molecule has 0 bridgehead atoms. The van der Waals surface area contributed by atoms with Crippen molar-refractivity contribution in [2.45, 2.75) is 38.6 Å². The highest BCUT2D eigenvalue weighted by Crippen LogP contribution is 2.42. The molecule has 2 aromatic heterocycles. The number of phenolic OH excluding ortho intramolecular Hbond substituents is 1. The van der Waals surface area contributed by atoms with E-state index in [2.05, 4.69) is 20.7 Å². The monoisotopic (exact) mass is 405 g/mol. The number of nitrogens with one attached hydrogen (secondary N) is 2. The number of phenols is 1. The van der Waals surface area contributed by atoms with Gasteiger partial charge in [0, 0.05) is 35.6 Å². The van der Waals surface area contributed by atoms with Gasteiger partial charge in [-0.05, 0) is 63.1 Å². The predicted octanol–water partition coefficient (Wildman–Crippen LogP) is 3.75. The summed E-state index contributed by atoms with van der Waals surface area (Å²) < 4.78 is 1.38. The number of benzene rings is 1. The van der Waals surface area contributed by atoms with Crippen LogP contribution in [0.25, 0.3) is 11.3 Å². The van der Waals surface area contributed by atoms with Gasteiger partial charge >= 0.3 is 6.03 Å². The lowest BCUT2D eigenvalue weighted by atomic mass is 10.1. The molecule has 8 heteroatoms. The molecule has 30 heavy (non-hydrogen) atoms. The standard InChI is InChI=1S/C22H23N5O3/c1-13(2)24-22(30)27-19(14-5-6-14)11-18(26-27)17-10-16(7-8-20(17)28)25-21(29)15-4-3-9-23-12-15/h3-4,7-14,28H,5-6H2,1-2H3,(H,24,30)(H,25,29). The van der Waals surface area contributed by atoms with Gasteiger partial charge in [-0.2, -0.15) is 9.78 Å². The summed E-state index contributed by atoms with van der Waals surface area (Å²) in [5.41, 5.74) is 2.68. The highest BCUT2D eigenvalue weighted by molar-refractivity contribution is 6.04. The Balaban J connectivity index is 1.64. The highest BCUT2D eigenvalue weighted by atomic mass is 16.3. The minimum Gasteiger partial charge on any atom is -0.507 e. The molecule has 1 aromatic carbocycles. The number of anilines is 1. The van der Waals surface area contributed by atoms with Gasteiger partial charge in [-0.1, -0.05) is 0 Å². The van der Waals surface area contributed by atoms with Crippen LogP contribution in [0.4, 0.5) is 10.5 Å². The Morgan fingerprint density at radius 1 is 1.20 bits per heavy atom. The fourth-order valence-electron chi connectivity index (χ4n) is 3.19. The fraction of sp³-hybridized carbons (Fsp3) is 0.273. The number of carbonyl (C=O) groups excluding carboxylic acids is 2. The first-order valence-corrected chi connectivity index (χ1v) is 9.88. The van der Waals surface area contributed by atoms with Crippen LogP contribution < -0.4 is 10.6 Å². The second-order valence-electron chi connectivity index (χ2n) is 7.67. The lowest BCUT2D eigenvalue weighted by molar-refractivity contribution is 0.102. The molecule has 3 N–H and O–H groups in total. The van der Waals surface area contributed by atoms with E-state index in [1.165, 1.54) is 16.9 Å². The quantitative estimate of drug-likeness (QED) is 0.560. The van der Waals surface area contributed by atoms with E-state index in [0.717, 1.165) is 18.5 Å². The van der Waals surface area contributed by atoms with Crippen molar-refractivity contribution in [3.8, 4) is 17.0 Å². The predicted molar refractivity (Wildman–Crippen MR) is 113 cm³/mol. The molecule has 1 fully saturated rings. The van der Waals surface area contributed by atoms with Crippen molar-refractivity contribution in [2.24, 2.45) is 0 Å². The first kappa shape index (κ1) is 19.6. The third kappa shape index (κ3) is 4.17. The van der Waals surface area contributed by atoms with Gasteiger partial charge in [0.05, 0.1) is 17.0 Å². The molecule has 0 atom stereocenters. The Hall–Kier alpha value is -3.68. The molecule has 1 aliphatic rings. The summed E-state index contributed by atoms with van der Waals surface area (Å²) in [4.78, 5) is 28.9. The van der Waals surface area contributed by atoms with Crippen molar-refractivity contribution in [1.82, 2.24) is 20.1 Å². The maximum absolute atomic E-state index is 12.6. The molecule has 2 heterocycles. The maximum Gasteiger partial charge on any atom is 0.342 e. The molecule has 1 saturated carbocycles. The van der Waals surface area contributed by atoms with Gasteiger partial charge in [0.15, 0.2) is 0 Å². The van der Waals surface area contributed by atoms with Gasteiger partial charge in [0.25, 0.3) is 5.91 Å². The van der Waals surface area contributed by atoms with Crippen molar-refractivity contribution in [2.75, 3.05) is 5.32 Å². The van der Waals surface area contributed by atoms with Gasteiger partial charge in [0.2, 0.25) is 0 Å². The molecule has 0 aliphatic heterocycles. The SMILES string of the molecule is CC(C)NC(=O)n1nc(-c2cc(NC(=O)c3cccnc3)ccc2O)cc1C1CC1. The lowest BCUT2D eigenvalue weighted by Crippen LogP contribution is -2.35. The topological polar surface area (TPSA) is 109 Å². The van der Waals surface area contributed by atoms with Crippen LogP contribution in [-0.4, -0.2) is 37.9 Å². The van der Waals surface area contributed by atoms with Gasteiger partial charge in [-0.25, -0.2) is 4.79 Å². The zero-order chi connectivity index (χ0) is 21.3. The number of pyridine rings is 1. The van der Waals surface area contributed by atoms with Crippen molar-refractivity contribution < 1.29 is 14.7 Å². The highest BCUT2D eigenvalue weighted by Gasteiger charge is 2.31. The van der Waals surface area contributed by atoms with E-state index in [9.17, 15) is 14.7 Å². The number of rotatable bonds is 5. The second kappa shape index (κ2) is 7.98. The van der Waals surface area contributed by atoms with Crippen molar-refractivity contribution in [3.63, 3.8) is 0 Å². The van der Waals surface area contributed by atoms with Crippen LogP contribution in [0.3, 0.4) is 0 Å². The number of amides is 2. The summed E-state index contributed by atoms with van der Waals surface area (Å²) in [6, 6.07) is 9.63. The largest absolute Gasteiger partial charge is 0.507 e. The molecular formula is C22H23N5O3. The summed E-state index contributed by atoms with van der Waals surface area (Å²) in [5, 5.41) is 20.5. The summed E-state index contributed by atoms with van der Waals surface area (Å²) in [6.07, 6.45) is 5.09. The number of aromatic hydroxyl groups is 1. The maximum atomic E-state index is 12.6. The Morgan fingerprint density at radius 2 is 2.00 bits per heavy atom. The lowest BCUT2D eigenvalue weighted by Gasteiger charge is -2.10. The molecule has 154 valence electrons. The Labute approximate surface area is 174 Å². The van der Waals surface area contributed by atoms with Crippen molar-refractivity contribution in [1.29, 1.82) is 0 Å².